The van der Waals surface area contributed by atoms with Gasteiger partial charge in [0.1, 0.15) is 11.5 Å². The first-order chi connectivity index (χ1) is 12.9. The molecule has 0 fully saturated rings. The molecule has 0 aliphatic carbocycles. The van der Waals surface area contributed by atoms with Crippen molar-refractivity contribution in [1.82, 2.24) is 0 Å². The molecule has 1 atom stereocenters. The van der Waals surface area contributed by atoms with E-state index in [2.05, 4.69) is 10.6 Å². The zero-order valence-corrected chi connectivity index (χ0v) is 16.8. The molecule has 0 saturated carbocycles. The highest BCUT2D eigenvalue weighted by Gasteiger charge is 2.16. The second-order valence-corrected chi connectivity index (χ2v) is 7.30. The van der Waals surface area contributed by atoms with Crippen molar-refractivity contribution in [3.8, 4) is 11.5 Å². The molecule has 2 amide bonds. The highest BCUT2D eigenvalue weighted by atomic mass is 35.5. The molecule has 0 saturated heterocycles. The molecule has 2 aromatic rings. The van der Waals surface area contributed by atoms with Gasteiger partial charge in [-0.05, 0) is 49.4 Å². The molecule has 0 aromatic heterocycles. The standard InChI is InChI=1S/C19H21ClN2O4S/c1-12(19(24)22-14-6-9-17(26-3)16(20)10-14)27-11-18(23)21-13-4-7-15(25-2)8-5-13/h4-10,12H,11H2,1-3H3,(H,21,23)(H,22,24). The van der Waals surface area contributed by atoms with Gasteiger partial charge in [0.25, 0.3) is 0 Å². The predicted molar refractivity (Wildman–Crippen MR) is 110 cm³/mol. The molecular formula is C19H21ClN2O4S. The van der Waals surface area contributed by atoms with Crippen molar-refractivity contribution in [3.05, 3.63) is 47.5 Å². The SMILES string of the molecule is COc1ccc(NC(=O)CSC(C)C(=O)Nc2ccc(OC)c(Cl)c2)cc1. The lowest BCUT2D eigenvalue weighted by molar-refractivity contribution is -0.115. The normalized spacial score (nSPS) is 11.4. The molecule has 0 bridgehead atoms. The van der Waals surface area contributed by atoms with Gasteiger partial charge in [0.15, 0.2) is 0 Å². The Bertz CT molecular complexity index is 799. The second kappa shape index (κ2) is 10.1. The summed E-state index contributed by atoms with van der Waals surface area (Å²) in [6.07, 6.45) is 0. The largest absolute Gasteiger partial charge is 0.497 e. The molecule has 27 heavy (non-hydrogen) atoms. The zero-order valence-electron chi connectivity index (χ0n) is 15.2. The molecule has 2 rings (SSSR count). The third-order valence-electron chi connectivity index (χ3n) is 3.63. The van der Waals surface area contributed by atoms with Gasteiger partial charge in [-0.3, -0.25) is 9.59 Å². The number of hydrogen-bond acceptors (Lipinski definition) is 5. The van der Waals surface area contributed by atoms with Crippen LogP contribution in [-0.2, 0) is 9.59 Å². The van der Waals surface area contributed by atoms with Crippen LogP contribution in [-0.4, -0.2) is 37.0 Å². The third-order valence-corrected chi connectivity index (χ3v) is 5.07. The van der Waals surface area contributed by atoms with Gasteiger partial charge in [-0.15, -0.1) is 11.8 Å². The molecule has 144 valence electrons. The Kier molecular flexibility index (Phi) is 7.82. The van der Waals surface area contributed by atoms with Crippen LogP contribution < -0.4 is 20.1 Å². The van der Waals surface area contributed by atoms with Crippen molar-refractivity contribution in [3.63, 3.8) is 0 Å². The summed E-state index contributed by atoms with van der Waals surface area (Å²) in [6.45, 7) is 1.74. The van der Waals surface area contributed by atoms with Crippen molar-refractivity contribution >= 4 is 46.6 Å². The molecular weight excluding hydrogens is 388 g/mol. The molecule has 2 aromatic carbocycles. The number of thioether (sulfide) groups is 1. The fourth-order valence-electron chi connectivity index (χ4n) is 2.14. The fourth-order valence-corrected chi connectivity index (χ4v) is 3.08. The number of methoxy groups -OCH3 is 2. The van der Waals surface area contributed by atoms with E-state index in [0.717, 1.165) is 0 Å². The molecule has 0 aliphatic rings. The maximum atomic E-state index is 12.3. The summed E-state index contributed by atoms with van der Waals surface area (Å²) >= 11 is 7.29. The first-order valence-corrected chi connectivity index (χ1v) is 9.55. The minimum absolute atomic E-state index is 0.157. The summed E-state index contributed by atoms with van der Waals surface area (Å²) < 4.78 is 10.2. The van der Waals surface area contributed by atoms with Crippen molar-refractivity contribution in [2.75, 3.05) is 30.6 Å². The highest BCUT2D eigenvalue weighted by molar-refractivity contribution is 8.01. The third kappa shape index (κ3) is 6.37. The van der Waals surface area contributed by atoms with E-state index < -0.39 is 5.25 Å². The summed E-state index contributed by atoms with van der Waals surface area (Å²) in [4.78, 5) is 24.3. The van der Waals surface area contributed by atoms with Gasteiger partial charge >= 0.3 is 0 Å². The number of nitrogens with one attached hydrogen (secondary N) is 2. The molecule has 1 unspecified atom stereocenters. The number of carbonyl (C=O) groups excluding carboxylic acids is 2. The van der Waals surface area contributed by atoms with Gasteiger partial charge < -0.3 is 20.1 Å². The van der Waals surface area contributed by atoms with Crippen LogP contribution in [0.1, 0.15) is 6.92 Å². The van der Waals surface area contributed by atoms with Gasteiger partial charge in [0.2, 0.25) is 11.8 Å². The lowest BCUT2D eigenvalue weighted by Crippen LogP contribution is -2.25. The Labute approximate surface area is 167 Å². The van der Waals surface area contributed by atoms with E-state index in [1.165, 1.54) is 18.9 Å². The van der Waals surface area contributed by atoms with Crippen LogP contribution in [0.4, 0.5) is 11.4 Å². The Morgan fingerprint density at radius 2 is 1.70 bits per heavy atom. The number of amides is 2. The first-order valence-electron chi connectivity index (χ1n) is 8.13. The summed E-state index contributed by atoms with van der Waals surface area (Å²) in [5.41, 5.74) is 1.24. The Morgan fingerprint density at radius 1 is 1.04 bits per heavy atom. The van der Waals surface area contributed by atoms with E-state index in [-0.39, 0.29) is 17.6 Å². The van der Waals surface area contributed by atoms with Crippen LogP contribution in [0.15, 0.2) is 42.5 Å². The smallest absolute Gasteiger partial charge is 0.237 e. The molecule has 2 N–H and O–H groups in total. The zero-order chi connectivity index (χ0) is 19.8. The Morgan fingerprint density at radius 3 is 2.30 bits per heavy atom. The molecule has 0 radical (unpaired) electrons. The average molecular weight is 409 g/mol. The van der Waals surface area contributed by atoms with E-state index >= 15 is 0 Å². The first kappa shape index (κ1) is 20.9. The van der Waals surface area contributed by atoms with E-state index in [9.17, 15) is 9.59 Å². The minimum Gasteiger partial charge on any atom is -0.497 e. The highest BCUT2D eigenvalue weighted by Crippen LogP contribution is 2.27. The van der Waals surface area contributed by atoms with Crippen LogP contribution in [0.25, 0.3) is 0 Å². The van der Waals surface area contributed by atoms with Crippen LogP contribution >= 0.6 is 23.4 Å². The lowest BCUT2D eigenvalue weighted by Gasteiger charge is -2.13. The van der Waals surface area contributed by atoms with E-state index in [1.54, 1.807) is 56.5 Å². The van der Waals surface area contributed by atoms with Crippen molar-refractivity contribution in [2.45, 2.75) is 12.2 Å². The predicted octanol–water partition coefficient (Wildman–Crippen LogP) is 4.06. The molecule has 0 aliphatic heterocycles. The van der Waals surface area contributed by atoms with Gasteiger partial charge in [-0.1, -0.05) is 11.6 Å². The van der Waals surface area contributed by atoms with Crippen LogP contribution in [0.2, 0.25) is 5.02 Å². The quantitative estimate of drug-likeness (QED) is 0.688. The van der Waals surface area contributed by atoms with Crippen LogP contribution in [0, 0.1) is 0 Å². The van der Waals surface area contributed by atoms with E-state index in [0.29, 0.717) is 27.9 Å². The monoisotopic (exact) mass is 408 g/mol. The fraction of sp³-hybridized carbons (Fsp3) is 0.263. The summed E-state index contributed by atoms with van der Waals surface area (Å²) in [5, 5.41) is 5.56. The molecule has 0 spiro atoms. The lowest BCUT2D eigenvalue weighted by atomic mass is 10.3. The molecule has 0 heterocycles. The molecule has 8 heteroatoms. The topological polar surface area (TPSA) is 76.7 Å². The van der Waals surface area contributed by atoms with Crippen LogP contribution in [0.3, 0.4) is 0 Å². The van der Waals surface area contributed by atoms with Gasteiger partial charge in [0.05, 0.1) is 30.2 Å². The van der Waals surface area contributed by atoms with Crippen molar-refractivity contribution in [2.24, 2.45) is 0 Å². The van der Waals surface area contributed by atoms with Crippen molar-refractivity contribution in [1.29, 1.82) is 0 Å². The number of halogens is 1. The average Bonchev–Trinajstić information content (AvgIpc) is 2.66. The van der Waals surface area contributed by atoms with Crippen LogP contribution in [0.5, 0.6) is 11.5 Å². The van der Waals surface area contributed by atoms with Gasteiger partial charge in [0, 0.05) is 11.4 Å². The van der Waals surface area contributed by atoms with Gasteiger partial charge in [-0.25, -0.2) is 0 Å². The number of anilines is 2. The number of benzene rings is 2. The maximum absolute atomic E-state index is 12.3. The molecule has 6 nitrogen and oxygen atoms in total. The second-order valence-electron chi connectivity index (χ2n) is 5.57. The minimum atomic E-state index is -0.410. The van der Waals surface area contributed by atoms with E-state index in [1.807, 2.05) is 0 Å². The summed E-state index contributed by atoms with van der Waals surface area (Å²) in [6, 6.07) is 12.0. The Balaban J connectivity index is 1.81. The number of hydrogen-bond donors (Lipinski definition) is 2. The van der Waals surface area contributed by atoms with Gasteiger partial charge in [-0.2, -0.15) is 0 Å². The maximum Gasteiger partial charge on any atom is 0.237 e. The summed E-state index contributed by atoms with van der Waals surface area (Å²) in [7, 11) is 3.10. The van der Waals surface area contributed by atoms with E-state index in [4.69, 9.17) is 21.1 Å². The Hall–Kier alpha value is -2.38. The summed E-state index contributed by atoms with van der Waals surface area (Å²) in [5.74, 6) is 1.01. The van der Waals surface area contributed by atoms with Crippen molar-refractivity contribution < 1.29 is 19.1 Å². The number of carbonyl (C=O) groups is 2. The number of rotatable bonds is 8. The number of ether oxygens (including phenoxy) is 2.